The summed E-state index contributed by atoms with van der Waals surface area (Å²) in [6.07, 6.45) is 2.89. The third-order valence-corrected chi connectivity index (χ3v) is 2.60. The van der Waals surface area contributed by atoms with E-state index in [4.69, 9.17) is 0 Å². The molecule has 0 N–H and O–H groups in total. The third-order valence-electron chi connectivity index (χ3n) is 2.60. The Morgan fingerprint density at radius 2 is 2.16 bits per heavy atom. The maximum absolute atomic E-state index is 11.3. The second-order valence-corrected chi connectivity index (χ2v) is 3.93. The molecule has 0 atom stereocenters. The van der Waals surface area contributed by atoms with Gasteiger partial charge >= 0.3 is 5.97 Å². The van der Waals surface area contributed by atoms with Gasteiger partial charge in [-0.2, -0.15) is 9.61 Å². The Bertz CT molecular complexity index is 759. The fourth-order valence-electron chi connectivity index (χ4n) is 1.76. The number of aryl methyl sites for hydroxylation is 1. The molecule has 0 radical (unpaired) electrons. The van der Waals surface area contributed by atoms with Crippen LogP contribution in [0.15, 0.2) is 24.8 Å². The number of hydrogen-bond donors (Lipinski definition) is 0. The first-order valence-corrected chi connectivity index (χ1v) is 5.50. The van der Waals surface area contributed by atoms with Gasteiger partial charge in [-0.15, -0.1) is 5.10 Å². The van der Waals surface area contributed by atoms with Crippen LogP contribution in [-0.4, -0.2) is 42.4 Å². The van der Waals surface area contributed by atoms with E-state index in [-0.39, 0.29) is 5.82 Å². The number of hydrogen-bond acceptors (Lipinski definition) is 6. The molecule has 0 spiro atoms. The molecule has 96 valence electrons. The summed E-state index contributed by atoms with van der Waals surface area (Å²) in [4.78, 5) is 19.4. The first-order chi connectivity index (χ1) is 9.19. The number of pyridine rings is 1. The van der Waals surface area contributed by atoms with E-state index in [9.17, 15) is 4.79 Å². The van der Waals surface area contributed by atoms with E-state index < -0.39 is 5.97 Å². The number of fused-ring (bicyclic) bond motifs is 1. The van der Waals surface area contributed by atoms with E-state index >= 15 is 0 Å². The Kier molecular flexibility index (Phi) is 2.48. The van der Waals surface area contributed by atoms with Crippen LogP contribution in [0.4, 0.5) is 0 Å². The molecule has 3 heterocycles. The molecule has 0 fully saturated rings. The topological polar surface area (TPSA) is 87.2 Å². The van der Waals surface area contributed by atoms with Crippen LogP contribution in [-0.2, 0) is 4.74 Å². The normalized spacial score (nSPS) is 10.8. The molecule has 0 amide bonds. The van der Waals surface area contributed by atoms with Gasteiger partial charge in [0, 0.05) is 0 Å². The number of ether oxygens (including phenoxy) is 1. The fraction of sp³-hybridized carbons (Fsp3) is 0.182. The van der Waals surface area contributed by atoms with Crippen molar-refractivity contribution in [3.05, 3.63) is 36.2 Å². The number of rotatable bonds is 2. The van der Waals surface area contributed by atoms with Crippen molar-refractivity contribution in [3.63, 3.8) is 0 Å². The molecule has 0 aromatic carbocycles. The van der Waals surface area contributed by atoms with Crippen LogP contribution in [0.25, 0.3) is 11.5 Å². The molecule has 0 aliphatic rings. The third kappa shape index (κ3) is 1.82. The highest BCUT2D eigenvalue weighted by molar-refractivity contribution is 5.84. The molecule has 3 aromatic heterocycles. The minimum Gasteiger partial charge on any atom is -0.463 e. The molecule has 0 unspecified atom stereocenters. The summed E-state index contributed by atoms with van der Waals surface area (Å²) in [5.41, 5.74) is 1.70. The summed E-state index contributed by atoms with van der Waals surface area (Å²) in [5.74, 6) is 0.0636. The average molecular weight is 258 g/mol. The summed E-state index contributed by atoms with van der Waals surface area (Å²) in [5, 5.41) is 8.18. The molecule has 19 heavy (non-hydrogen) atoms. The van der Waals surface area contributed by atoms with Crippen LogP contribution < -0.4 is 0 Å². The summed E-state index contributed by atoms with van der Waals surface area (Å²) >= 11 is 0. The highest BCUT2D eigenvalue weighted by Gasteiger charge is 2.14. The maximum Gasteiger partial charge on any atom is 0.377 e. The van der Waals surface area contributed by atoms with Gasteiger partial charge in [0.15, 0.2) is 11.5 Å². The van der Waals surface area contributed by atoms with Crippen LogP contribution in [0, 0.1) is 6.92 Å². The Morgan fingerprint density at radius 1 is 1.32 bits per heavy atom. The van der Waals surface area contributed by atoms with Crippen molar-refractivity contribution in [2.45, 2.75) is 6.92 Å². The summed E-state index contributed by atoms with van der Waals surface area (Å²) < 4.78 is 7.64. The molecule has 0 aliphatic heterocycles. The predicted octanol–water partition coefficient (Wildman–Crippen LogP) is 0.405. The van der Waals surface area contributed by atoms with Gasteiger partial charge in [-0.25, -0.2) is 19.4 Å². The number of carbonyl (C=O) groups excluding carboxylic acids is 1. The van der Waals surface area contributed by atoms with Crippen molar-refractivity contribution < 1.29 is 9.53 Å². The molecule has 8 nitrogen and oxygen atoms in total. The van der Waals surface area contributed by atoms with Crippen LogP contribution >= 0.6 is 0 Å². The van der Waals surface area contributed by atoms with Gasteiger partial charge in [0.2, 0.25) is 0 Å². The van der Waals surface area contributed by atoms with Crippen molar-refractivity contribution in [2.24, 2.45) is 0 Å². The molecule has 0 saturated heterocycles. The molecule has 0 saturated carbocycles. The highest BCUT2D eigenvalue weighted by Crippen LogP contribution is 2.12. The Labute approximate surface area is 107 Å². The number of nitrogens with zero attached hydrogens (tertiary/aromatic N) is 6. The highest BCUT2D eigenvalue weighted by atomic mass is 16.5. The number of methoxy groups -OCH3 is 1. The minimum atomic E-state index is -0.582. The SMILES string of the molecule is COC(=O)c1ncn(-c2cc(C)cc3ncnn23)n1. The minimum absolute atomic E-state index is 0.00253. The lowest BCUT2D eigenvalue weighted by molar-refractivity contribution is 0.0587. The molecular weight excluding hydrogens is 248 g/mol. The van der Waals surface area contributed by atoms with Gasteiger partial charge in [0.25, 0.3) is 5.82 Å². The lowest BCUT2D eigenvalue weighted by Crippen LogP contribution is -2.08. The Hall–Kier alpha value is -2.77. The quantitative estimate of drug-likeness (QED) is 0.618. The predicted molar refractivity (Wildman–Crippen MR) is 64.0 cm³/mol. The van der Waals surface area contributed by atoms with Crippen molar-refractivity contribution >= 4 is 11.6 Å². The van der Waals surface area contributed by atoms with Gasteiger partial charge in [0.1, 0.15) is 12.7 Å². The second-order valence-electron chi connectivity index (χ2n) is 3.93. The molecule has 8 heteroatoms. The van der Waals surface area contributed by atoms with E-state index in [1.54, 1.807) is 4.52 Å². The standard InChI is InChI=1S/C11H10N6O2/c1-7-3-8-12-5-14-17(8)9(4-7)16-6-13-10(15-16)11(18)19-2/h3-6H,1-2H3. The summed E-state index contributed by atoms with van der Waals surface area (Å²) in [6, 6.07) is 3.77. The summed E-state index contributed by atoms with van der Waals surface area (Å²) in [6.45, 7) is 1.94. The van der Waals surface area contributed by atoms with Crippen LogP contribution in [0.5, 0.6) is 0 Å². The smallest absolute Gasteiger partial charge is 0.377 e. The summed E-state index contributed by atoms with van der Waals surface area (Å²) in [7, 11) is 1.28. The zero-order valence-corrected chi connectivity index (χ0v) is 10.3. The number of carbonyl (C=O) groups is 1. The maximum atomic E-state index is 11.3. The van der Waals surface area contributed by atoms with Crippen molar-refractivity contribution in [1.29, 1.82) is 0 Å². The van der Waals surface area contributed by atoms with Gasteiger partial charge in [-0.3, -0.25) is 0 Å². The Morgan fingerprint density at radius 3 is 2.95 bits per heavy atom. The van der Waals surface area contributed by atoms with E-state index in [1.165, 1.54) is 24.4 Å². The van der Waals surface area contributed by atoms with Crippen molar-refractivity contribution in [3.8, 4) is 5.82 Å². The lowest BCUT2D eigenvalue weighted by atomic mass is 10.3. The van der Waals surface area contributed by atoms with E-state index in [2.05, 4.69) is 24.9 Å². The zero-order chi connectivity index (χ0) is 13.4. The van der Waals surface area contributed by atoms with Gasteiger partial charge < -0.3 is 4.74 Å². The van der Waals surface area contributed by atoms with E-state index in [1.807, 2.05) is 19.1 Å². The number of esters is 1. The molecule has 3 aromatic rings. The molecule has 0 aliphatic carbocycles. The molecular formula is C11H10N6O2. The van der Waals surface area contributed by atoms with Crippen molar-refractivity contribution in [2.75, 3.05) is 7.11 Å². The van der Waals surface area contributed by atoms with Gasteiger partial charge in [-0.1, -0.05) is 0 Å². The van der Waals surface area contributed by atoms with Crippen LogP contribution in [0.2, 0.25) is 0 Å². The first-order valence-electron chi connectivity index (χ1n) is 5.50. The molecule has 0 bridgehead atoms. The first kappa shape index (κ1) is 11.3. The number of aromatic nitrogens is 6. The van der Waals surface area contributed by atoms with Gasteiger partial charge in [0.05, 0.1) is 7.11 Å². The second kappa shape index (κ2) is 4.16. The van der Waals surface area contributed by atoms with Crippen molar-refractivity contribution in [1.82, 2.24) is 29.4 Å². The van der Waals surface area contributed by atoms with E-state index in [0.29, 0.717) is 11.5 Å². The zero-order valence-electron chi connectivity index (χ0n) is 10.3. The van der Waals surface area contributed by atoms with Crippen LogP contribution in [0.1, 0.15) is 16.2 Å². The average Bonchev–Trinajstić information content (AvgIpc) is 3.05. The molecule has 3 rings (SSSR count). The monoisotopic (exact) mass is 258 g/mol. The van der Waals surface area contributed by atoms with E-state index in [0.717, 1.165) is 5.56 Å². The van der Waals surface area contributed by atoms with Gasteiger partial charge in [-0.05, 0) is 24.6 Å². The lowest BCUT2D eigenvalue weighted by Gasteiger charge is -2.04. The largest absolute Gasteiger partial charge is 0.463 e. The fourth-order valence-corrected chi connectivity index (χ4v) is 1.76. The van der Waals surface area contributed by atoms with Crippen LogP contribution in [0.3, 0.4) is 0 Å². The Balaban J connectivity index is 2.16.